The molecule has 0 saturated carbocycles. The molecule has 1 amide bonds. The fourth-order valence-electron chi connectivity index (χ4n) is 1.67. The molecule has 0 radical (unpaired) electrons. The van der Waals surface area contributed by atoms with Crippen LogP contribution >= 0.6 is 15.9 Å². The Labute approximate surface area is 133 Å². The van der Waals surface area contributed by atoms with Gasteiger partial charge in [-0.15, -0.1) is 0 Å². The monoisotopic (exact) mass is 370 g/mol. The van der Waals surface area contributed by atoms with Crippen LogP contribution in [0, 0.1) is 0 Å². The maximum absolute atomic E-state index is 12.6. The first-order valence-electron chi connectivity index (χ1n) is 6.13. The topological polar surface area (TPSA) is 41.5 Å². The van der Waals surface area contributed by atoms with Gasteiger partial charge in [-0.25, -0.2) is 5.43 Å². The average Bonchev–Trinajstić information content (AvgIpc) is 2.47. The summed E-state index contributed by atoms with van der Waals surface area (Å²) >= 11 is 3.23. The van der Waals surface area contributed by atoms with Crippen LogP contribution in [-0.4, -0.2) is 12.1 Å². The Bertz CT molecular complexity index is 714. The molecule has 0 aromatic heterocycles. The fraction of sp³-hybridized carbons (Fsp3) is 0.0667. The molecule has 0 spiro atoms. The Morgan fingerprint density at radius 1 is 1.14 bits per heavy atom. The van der Waals surface area contributed by atoms with Crippen LogP contribution in [0.4, 0.5) is 13.2 Å². The Hall–Kier alpha value is -2.15. The number of nitrogens with zero attached hydrogens (tertiary/aromatic N) is 1. The quantitative estimate of drug-likeness (QED) is 0.637. The van der Waals surface area contributed by atoms with E-state index < -0.39 is 17.6 Å². The van der Waals surface area contributed by atoms with Crippen LogP contribution < -0.4 is 5.43 Å². The highest BCUT2D eigenvalue weighted by Gasteiger charge is 2.30. The third-order valence-corrected chi connectivity index (χ3v) is 3.40. The minimum absolute atomic E-state index is 0.238. The first kappa shape index (κ1) is 16.2. The molecule has 22 heavy (non-hydrogen) atoms. The lowest BCUT2D eigenvalue weighted by Gasteiger charge is -2.06. The predicted octanol–water partition coefficient (Wildman–Crippen LogP) is 4.23. The van der Waals surface area contributed by atoms with E-state index in [1.54, 1.807) is 24.3 Å². The highest BCUT2D eigenvalue weighted by molar-refractivity contribution is 9.10. The van der Waals surface area contributed by atoms with Gasteiger partial charge in [0.2, 0.25) is 0 Å². The molecule has 0 unspecified atom stereocenters. The van der Waals surface area contributed by atoms with E-state index in [4.69, 9.17) is 0 Å². The van der Waals surface area contributed by atoms with Crippen molar-refractivity contribution in [1.82, 2.24) is 5.43 Å². The molecular formula is C15H10BrF3N2O. The van der Waals surface area contributed by atoms with Crippen LogP contribution in [0.1, 0.15) is 21.5 Å². The maximum atomic E-state index is 12.6. The van der Waals surface area contributed by atoms with Gasteiger partial charge < -0.3 is 0 Å². The van der Waals surface area contributed by atoms with Gasteiger partial charge in [-0.1, -0.05) is 24.3 Å². The lowest BCUT2D eigenvalue weighted by Crippen LogP contribution is -2.18. The van der Waals surface area contributed by atoms with Crippen molar-refractivity contribution in [2.45, 2.75) is 6.18 Å². The minimum atomic E-state index is -4.41. The summed E-state index contributed by atoms with van der Waals surface area (Å²) in [4.78, 5) is 11.8. The molecule has 0 aliphatic heterocycles. The first-order chi connectivity index (χ1) is 10.4. The standard InChI is InChI=1S/C15H10BrF3N2O/c16-13-7-2-1-6-12(13)14(22)21-20-9-10-4-3-5-11(8-10)15(17,18)19/h1-9H,(H,21,22)/b20-9-. The van der Waals surface area contributed by atoms with Crippen LogP contribution in [-0.2, 0) is 6.18 Å². The van der Waals surface area contributed by atoms with E-state index in [0.717, 1.165) is 18.3 Å². The van der Waals surface area contributed by atoms with Gasteiger partial charge in [0.05, 0.1) is 17.3 Å². The lowest BCUT2D eigenvalue weighted by atomic mass is 10.1. The van der Waals surface area contributed by atoms with Crippen molar-refractivity contribution in [3.05, 3.63) is 69.7 Å². The number of rotatable bonds is 3. The Kier molecular flexibility index (Phi) is 4.97. The molecule has 0 saturated heterocycles. The molecule has 2 aromatic carbocycles. The van der Waals surface area contributed by atoms with Gasteiger partial charge in [-0.2, -0.15) is 18.3 Å². The van der Waals surface area contributed by atoms with Crippen LogP contribution in [0.25, 0.3) is 0 Å². The second-order valence-electron chi connectivity index (χ2n) is 4.30. The van der Waals surface area contributed by atoms with Crippen molar-refractivity contribution in [1.29, 1.82) is 0 Å². The lowest BCUT2D eigenvalue weighted by molar-refractivity contribution is -0.137. The van der Waals surface area contributed by atoms with E-state index in [-0.39, 0.29) is 5.56 Å². The number of halogens is 4. The molecule has 7 heteroatoms. The minimum Gasteiger partial charge on any atom is -0.267 e. The number of benzene rings is 2. The molecule has 0 bridgehead atoms. The van der Waals surface area contributed by atoms with E-state index in [1.165, 1.54) is 12.1 Å². The molecule has 2 aromatic rings. The van der Waals surface area contributed by atoms with Gasteiger partial charge >= 0.3 is 6.18 Å². The number of carbonyl (C=O) groups excluding carboxylic acids is 1. The number of nitrogens with one attached hydrogen (secondary N) is 1. The second-order valence-corrected chi connectivity index (χ2v) is 5.16. The van der Waals surface area contributed by atoms with Gasteiger partial charge in [-0.3, -0.25) is 4.79 Å². The average molecular weight is 371 g/mol. The van der Waals surface area contributed by atoms with Crippen LogP contribution in [0.15, 0.2) is 58.1 Å². The summed E-state index contributed by atoms with van der Waals surface area (Å²) in [6.45, 7) is 0. The van der Waals surface area contributed by atoms with Gasteiger partial charge in [-0.05, 0) is 45.8 Å². The molecule has 2 rings (SSSR count). The molecular weight excluding hydrogens is 361 g/mol. The number of alkyl halides is 3. The van der Waals surface area contributed by atoms with Crippen molar-refractivity contribution in [2.24, 2.45) is 5.10 Å². The molecule has 0 atom stereocenters. The molecule has 0 aliphatic rings. The fourth-order valence-corrected chi connectivity index (χ4v) is 2.13. The highest BCUT2D eigenvalue weighted by atomic mass is 79.9. The normalized spacial score (nSPS) is 11.6. The van der Waals surface area contributed by atoms with Crippen LogP contribution in [0.3, 0.4) is 0 Å². The van der Waals surface area contributed by atoms with Crippen molar-refractivity contribution in [3.63, 3.8) is 0 Å². The largest absolute Gasteiger partial charge is 0.416 e. The Morgan fingerprint density at radius 2 is 1.86 bits per heavy atom. The SMILES string of the molecule is O=C(N/N=C\c1cccc(C(F)(F)F)c1)c1ccccc1Br. The number of hydrogen-bond acceptors (Lipinski definition) is 2. The molecule has 3 nitrogen and oxygen atoms in total. The van der Waals surface area contributed by atoms with Crippen molar-refractivity contribution in [2.75, 3.05) is 0 Å². The van der Waals surface area contributed by atoms with Gasteiger partial charge in [0.1, 0.15) is 0 Å². The summed E-state index contributed by atoms with van der Waals surface area (Å²) in [5.74, 6) is -0.462. The maximum Gasteiger partial charge on any atom is 0.416 e. The third kappa shape index (κ3) is 4.17. The van der Waals surface area contributed by atoms with E-state index in [9.17, 15) is 18.0 Å². The first-order valence-corrected chi connectivity index (χ1v) is 6.92. The molecule has 0 heterocycles. The Balaban J connectivity index is 2.07. The third-order valence-electron chi connectivity index (χ3n) is 2.71. The van der Waals surface area contributed by atoms with Gasteiger partial charge in [0.15, 0.2) is 0 Å². The zero-order chi connectivity index (χ0) is 16.2. The van der Waals surface area contributed by atoms with E-state index in [1.807, 2.05) is 0 Å². The smallest absolute Gasteiger partial charge is 0.267 e. The zero-order valence-corrected chi connectivity index (χ0v) is 12.6. The molecule has 0 fully saturated rings. The Morgan fingerprint density at radius 3 is 2.55 bits per heavy atom. The predicted molar refractivity (Wildman–Crippen MR) is 80.6 cm³/mol. The van der Waals surface area contributed by atoms with Crippen LogP contribution in [0.2, 0.25) is 0 Å². The van der Waals surface area contributed by atoms with E-state index >= 15 is 0 Å². The number of carbonyl (C=O) groups is 1. The summed E-state index contributed by atoms with van der Waals surface area (Å²) < 4.78 is 38.3. The van der Waals surface area contributed by atoms with Crippen LogP contribution in [0.5, 0.6) is 0 Å². The number of hydrazone groups is 1. The number of hydrogen-bond donors (Lipinski definition) is 1. The van der Waals surface area contributed by atoms with Crippen molar-refractivity contribution in [3.8, 4) is 0 Å². The second kappa shape index (κ2) is 6.74. The van der Waals surface area contributed by atoms with Gasteiger partial charge in [0, 0.05) is 4.47 Å². The number of amides is 1. The van der Waals surface area contributed by atoms with E-state index in [0.29, 0.717) is 10.0 Å². The molecule has 114 valence electrons. The summed E-state index contributed by atoms with van der Waals surface area (Å²) in [7, 11) is 0. The summed E-state index contributed by atoms with van der Waals surface area (Å²) in [6, 6.07) is 11.4. The summed E-state index contributed by atoms with van der Waals surface area (Å²) in [6.07, 6.45) is -3.26. The molecule has 0 aliphatic carbocycles. The zero-order valence-electron chi connectivity index (χ0n) is 11.1. The summed E-state index contributed by atoms with van der Waals surface area (Å²) in [5, 5.41) is 3.67. The van der Waals surface area contributed by atoms with E-state index in [2.05, 4.69) is 26.5 Å². The van der Waals surface area contributed by atoms with Crippen molar-refractivity contribution < 1.29 is 18.0 Å². The highest BCUT2D eigenvalue weighted by Crippen LogP contribution is 2.29. The summed E-state index contributed by atoms with van der Waals surface area (Å²) in [5.41, 5.74) is 2.11. The van der Waals surface area contributed by atoms with Gasteiger partial charge in [0.25, 0.3) is 5.91 Å². The molecule has 1 N–H and O–H groups in total. The van der Waals surface area contributed by atoms with Crippen molar-refractivity contribution >= 4 is 28.1 Å².